The SMILES string of the molecule is C=CCNC(CCC(=O)O)C(=O)c1ccc(CC)cc1. The van der Waals surface area contributed by atoms with Crippen LogP contribution in [0.2, 0.25) is 0 Å². The summed E-state index contributed by atoms with van der Waals surface area (Å²) in [4.78, 5) is 23.0. The van der Waals surface area contributed by atoms with Gasteiger partial charge in [0, 0.05) is 18.5 Å². The second-order valence-electron chi connectivity index (χ2n) is 4.60. The number of aryl methyl sites for hydroxylation is 1. The number of rotatable bonds is 9. The Morgan fingerprint density at radius 1 is 1.35 bits per heavy atom. The lowest BCUT2D eigenvalue weighted by molar-refractivity contribution is -0.137. The van der Waals surface area contributed by atoms with Gasteiger partial charge in [0.2, 0.25) is 0 Å². The van der Waals surface area contributed by atoms with E-state index in [2.05, 4.69) is 18.8 Å². The molecule has 4 heteroatoms. The fourth-order valence-corrected chi connectivity index (χ4v) is 1.93. The van der Waals surface area contributed by atoms with E-state index in [9.17, 15) is 9.59 Å². The number of ketones is 1. The molecule has 108 valence electrons. The predicted octanol–water partition coefficient (Wildman–Crippen LogP) is 2.44. The van der Waals surface area contributed by atoms with Crippen molar-refractivity contribution in [2.24, 2.45) is 0 Å². The van der Waals surface area contributed by atoms with Crippen molar-refractivity contribution in [3.63, 3.8) is 0 Å². The van der Waals surface area contributed by atoms with Crippen molar-refractivity contribution in [2.75, 3.05) is 6.54 Å². The maximum atomic E-state index is 12.4. The van der Waals surface area contributed by atoms with E-state index in [-0.39, 0.29) is 18.6 Å². The number of hydrogen-bond acceptors (Lipinski definition) is 3. The summed E-state index contributed by atoms with van der Waals surface area (Å²) in [6, 6.07) is 6.95. The molecule has 20 heavy (non-hydrogen) atoms. The second-order valence-corrected chi connectivity index (χ2v) is 4.60. The number of carbonyl (C=O) groups excluding carboxylic acids is 1. The molecule has 1 aromatic carbocycles. The molecule has 0 fully saturated rings. The van der Waals surface area contributed by atoms with E-state index in [4.69, 9.17) is 5.11 Å². The molecule has 0 aliphatic heterocycles. The molecular formula is C16H21NO3. The molecule has 0 amide bonds. The standard InChI is InChI=1S/C16H21NO3/c1-3-11-17-14(9-10-15(18)19)16(20)13-7-5-12(4-2)6-8-13/h3,5-8,14,17H,1,4,9-11H2,2H3,(H,18,19). The molecule has 1 atom stereocenters. The number of Topliss-reactive ketones (excluding diaryl/α,β-unsaturated/α-hetero) is 1. The highest BCUT2D eigenvalue weighted by Gasteiger charge is 2.20. The molecule has 0 aliphatic carbocycles. The number of carboxylic acid groups (broad SMARTS) is 1. The molecule has 0 aromatic heterocycles. The lowest BCUT2D eigenvalue weighted by atomic mass is 9.98. The molecule has 0 aliphatic rings. The zero-order chi connectivity index (χ0) is 15.0. The van der Waals surface area contributed by atoms with Crippen molar-refractivity contribution < 1.29 is 14.7 Å². The van der Waals surface area contributed by atoms with Crippen molar-refractivity contribution in [1.82, 2.24) is 5.32 Å². The number of carboxylic acids is 1. The third-order valence-corrected chi connectivity index (χ3v) is 3.12. The largest absolute Gasteiger partial charge is 0.481 e. The normalized spacial score (nSPS) is 11.8. The van der Waals surface area contributed by atoms with Crippen LogP contribution in [0.4, 0.5) is 0 Å². The van der Waals surface area contributed by atoms with Gasteiger partial charge in [0.05, 0.1) is 6.04 Å². The summed E-state index contributed by atoms with van der Waals surface area (Å²) in [6.45, 7) is 6.12. The third kappa shape index (κ3) is 4.97. The minimum Gasteiger partial charge on any atom is -0.481 e. The summed E-state index contributed by atoms with van der Waals surface area (Å²) in [5.41, 5.74) is 1.77. The van der Waals surface area contributed by atoms with Gasteiger partial charge in [-0.15, -0.1) is 6.58 Å². The van der Waals surface area contributed by atoms with E-state index in [0.29, 0.717) is 12.1 Å². The topological polar surface area (TPSA) is 66.4 Å². The summed E-state index contributed by atoms with van der Waals surface area (Å²) in [5.74, 6) is -0.972. The monoisotopic (exact) mass is 275 g/mol. The first-order valence-corrected chi connectivity index (χ1v) is 6.77. The molecule has 1 aromatic rings. The van der Waals surface area contributed by atoms with Crippen molar-refractivity contribution in [3.8, 4) is 0 Å². The van der Waals surface area contributed by atoms with Crippen molar-refractivity contribution in [2.45, 2.75) is 32.2 Å². The fourth-order valence-electron chi connectivity index (χ4n) is 1.93. The first-order chi connectivity index (χ1) is 9.58. The Kier molecular flexibility index (Phi) is 6.67. The van der Waals surface area contributed by atoms with E-state index in [1.54, 1.807) is 18.2 Å². The Morgan fingerprint density at radius 2 is 2.00 bits per heavy atom. The first kappa shape index (κ1) is 16.1. The maximum absolute atomic E-state index is 12.4. The quantitative estimate of drug-likeness (QED) is 0.536. The van der Waals surface area contributed by atoms with Crippen molar-refractivity contribution in [3.05, 3.63) is 48.0 Å². The van der Waals surface area contributed by atoms with Gasteiger partial charge in [-0.3, -0.25) is 9.59 Å². The van der Waals surface area contributed by atoms with Gasteiger partial charge in [0.15, 0.2) is 5.78 Å². The number of hydrogen-bond donors (Lipinski definition) is 2. The first-order valence-electron chi connectivity index (χ1n) is 6.77. The van der Waals surface area contributed by atoms with Gasteiger partial charge < -0.3 is 10.4 Å². The molecular weight excluding hydrogens is 254 g/mol. The van der Waals surface area contributed by atoms with Crippen LogP contribution in [0.25, 0.3) is 0 Å². The van der Waals surface area contributed by atoms with Crippen LogP contribution in [0.5, 0.6) is 0 Å². The molecule has 1 unspecified atom stereocenters. The number of benzene rings is 1. The van der Waals surface area contributed by atoms with Crippen LogP contribution >= 0.6 is 0 Å². The zero-order valence-electron chi connectivity index (χ0n) is 11.8. The Morgan fingerprint density at radius 3 is 2.50 bits per heavy atom. The summed E-state index contributed by atoms with van der Waals surface area (Å²) in [5, 5.41) is 11.8. The van der Waals surface area contributed by atoms with E-state index in [1.165, 1.54) is 5.56 Å². The molecule has 0 saturated heterocycles. The van der Waals surface area contributed by atoms with Gasteiger partial charge in [-0.1, -0.05) is 37.3 Å². The Labute approximate surface area is 119 Å². The van der Waals surface area contributed by atoms with Gasteiger partial charge in [-0.05, 0) is 18.4 Å². The molecule has 1 rings (SSSR count). The third-order valence-electron chi connectivity index (χ3n) is 3.12. The molecule has 0 saturated carbocycles. The molecule has 0 heterocycles. The number of aliphatic carboxylic acids is 1. The van der Waals surface area contributed by atoms with Crippen LogP contribution in [-0.2, 0) is 11.2 Å². The van der Waals surface area contributed by atoms with Crippen LogP contribution in [-0.4, -0.2) is 29.4 Å². The molecule has 2 N–H and O–H groups in total. The Bertz CT molecular complexity index is 465. The molecule has 4 nitrogen and oxygen atoms in total. The average Bonchev–Trinajstić information content (AvgIpc) is 2.46. The minimum atomic E-state index is -0.899. The number of nitrogens with one attached hydrogen (secondary N) is 1. The summed E-state index contributed by atoms with van der Waals surface area (Å²) in [6.07, 6.45) is 2.82. The van der Waals surface area contributed by atoms with Gasteiger partial charge >= 0.3 is 5.97 Å². The second kappa shape index (κ2) is 8.27. The lowest BCUT2D eigenvalue weighted by Crippen LogP contribution is -2.37. The van der Waals surface area contributed by atoms with E-state index >= 15 is 0 Å². The van der Waals surface area contributed by atoms with Crippen LogP contribution in [0.1, 0.15) is 35.7 Å². The van der Waals surface area contributed by atoms with E-state index in [1.807, 2.05) is 12.1 Å². The Hall–Kier alpha value is -1.94. The highest BCUT2D eigenvalue weighted by Crippen LogP contribution is 2.11. The highest BCUT2D eigenvalue weighted by molar-refractivity contribution is 6.00. The van der Waals surface area contributed by atoms with Crippen LogP contribution in [0.15, 0.2) is 36.9 Å². The predicted molar refractivity (Wildman–Crippen MR) is 79.0 cm³/mol. The van der Waals surface area contributed by atoms with E-state index in [0.717, 1.165) is 6.42 Å². The van der Waals surface area contributed by atoms with Crippen LogP contribution < -0.4 is 5.32 Å². The molecule has 0 radical (unpaired) electrons. The summed E-state index contributed by atoms with van der Waals surface area (Å²) in [7, 11) is 0. The summed E-state index contributed by atoms with van der Waals surface area (Å²) < 4.78 is 0. The zero-order valence-corrected chi connectivity index (χ0v) is 11.8. The molecule has 0 spiro atoms. The average molecular weight is 275 g/mol. The highest BCUT2D eigenvalue weighted by atomic mass is 16.4. The van der Waals surface area contributed by atoms with Crippen molar-refractivity contribution >= 4 is 11.8 Å². The number of carbonyl (C=O) groups is 2. The van der Waals surface area contributed by atoms with Gasteiger partial charge in [-0.25, -0.2) is 0 Å². The van der Waals surface area contributed by atoms with Gasteiger partial charge in [0.25, 0.3) is 0 Å². The van der Waals surface area contributed by atoms with Crippen LogP contribution in [0, 0.1) is 0 Å². The summed E-state index contributed by atoms with van der Waals surface area (Å²) >= 11 is 0. The fraction of sp³-hybridized carbons (Fsp3) is 0.375. The molecule has 0 bridgehead atoms. The smallest absolute Gasteiger partial charge is 0.303 e. The van der Waals surface area contributed by atoms with Gasteiger partial charge in [0.1, 0.15) is 0 Å². The van der Waals surface area contributed by atoms with Gasteiger partial charge in [-0.2, -0.15) is 0 Å². The lowest BCUT2D eigenvalue weighted by Gasteiger charge is -2.16. The minimum absolute atomic E-state index is 0.0341. The van der Waals surface area contributed by atoms with Crippen molar-refractivity contribution in [1.29, 1.82) is 0 Å². The van der Waals surface area contributed by atoms with Crippen LogP contribution in [0.3, 0.4) is 0 Å². The van der Waals surface area contributed by atoms with E-state index < -0.39 is 12.0 Å². The Balaban J connectivity index is 2.78. The maximum Gasteiger partial charge on any atom is 0.303 e.